The predicted octanol–water partition coefficient (Wildman–Crippen LogP) is 5.51. The summed E-state index contributed by atoms with van der Waals surface area (Å²) in [6, 6.07) is 21.0. The van der Waals surface area contributed by atoms with E-state index in [1.54, 1.807) is 81.6 Å². The average Bonchev–Trinajstić information content (AvgIpc) is 3.20. The lowest BCUT2D eigenvalue weighted by atomic mass is 10.1. The molecule has 1 aliphatic rings. The Morgan fingerprint density at radius 2 is 1.80 bits per heavy atom. The van der Waals surface area contributed by atoms with Crippen LogP contribution < -0.4 is 14.8 Å². The van der Waals surface area contributed by atoms with Crippen LogP contribution in [0.2, 0.25) is 0 Å². The van der Waals surface area contributed by atoms with Gasteiger partial charge in [0.15, 0.2) is 23.3 Å². The van der Waals surface area contributed by atoms with Crippen molar-refractivity contribution in [3.05, 3.63) is 88.8 Å². The van der Waals surface area contributed by atoms with Gasteiger partial charge < -0.3 is 19.5 Å². The third-order valence-corrected chi connectivity index (χ3v) is 6.63. The Morgan fingerprint density at radius 1 is 1.05 bits per heavy atom. The molecule has 0 bridgehead atoms. The maximum atomic E-state index is 13.1. The summed E-state index contributed by atoms with van der Waals surface area (Å²) in [5, 5.41) is 3.22. The molecule has 206 valence electrons. The summed E-state index contributed by atoms with van der Waals surface area (Å²) in [5.74, 6) is -0.280. The standard InChI is InChI=1S/C30H29N3O6S/c1-19(2)39-29(36)21-11-8-14-23(16-21)32-30-33(3)28(35)25(40-30)17-20-10-9-15-24(37-4)27(20)38-18-26(34)31-22-12-6-5-7-13-22/h5-17,19H,18H2,1-4H3,(H,31,34)/b25-17-,32-30?. The van der Waals surface area contributed by atoms with Gasteiger partial charge in [0.25, 0.3) is 11.8 Å². The first-order valence-corrected chi connectivity index (χ1v) is 13.3. The van der Waals surface area contributed by atoms with Crippen LogP contribution in [0.15, 0.2) is 82.7 Å². The SMILES string of the molecule is COc1cccc(/C=C2\SC(=Nc3cccc(C(=O)OC(C)C)c3)N(C)C2=O)c1OCC(=O)Nc1ccccc1. The molecular weight excluding hydrogens is 530 g/mol. The van der Waals surface area contributed by atoms with Crippen LogP contribution in [0.25, 0.3) is 6.08 Å². The van der Waals surface area contributed by atoms with E-state index in [-0.39, 0.29) is 24.5 Å². The first-order valence-electron chi connectivity index (χ1n) is 12.5. The minimum Gasteiger partial charge on any atom is -0.493 e. The van der Waals surface area contributed by atoms with Gasteiger partial charge in [0.2, 0.25) is 0 Å². The van der Waals surface area contributed by atoms with Gasteiger partial charge in [-0.25, -0.2) is 9.79 Å². The van der Waals surface area contributed by atoms with E-state index in [4.69, 9.17) is 14.2 Å². The van der Waals surface area contributed by atoms with Gasteiger partial charge in [-0.15, -0.1) is 0 Å². The van der Waals surface area contributed by atoms with Gasteiger partial charge >= 0.3 is 5.97 Å². The van der Waals surface area contributed by atoms with Gasteiger partial charge in [0, 0.05) is 18.3 Å². The highest BCUT2D eigenvalue weighted by Crippen LogP contribution is 2.38. The third-order valence-electron chi connectivity index (χ3n) is 5.57. The molecule has 3 aromatic carbocycles. The molecule has 0 aliphatic carbocycles. The van der Waals surface area contributed by atoms with Crippen LogP contribution in [0.1, 0.15) is 29.8 Å². The smallest absolute Gasteiger partial charge is 0.338 e. The molecule has 2 amide bonds. The first kappa shape index (κ1) is 28.4. The van der Waals surface area contributed by atoms with Crippen molar-refractivity contribution >= 4 is 52.2 Å². The highest BCUT2D eigenvalue weighted by molar-refractivity contribution is 8.18. The maximum Gasteiger partial charge on any atom is 0.338 e. The van der Waals surface area contributed by atoms with Gasteiger partial charge in [-0.05, 0) is 68.1 Å². The lowest BCUT2D eigenvalue weighted by molar-refractivity contribution is -0.121. The summed E-state index contributed by atoms with van der Waals surface area (Å²) in [7, 11) is 3.13. The van der Waals surface area contributed by atoms with Crippen molar-refractivity contribution in [2.75, 3.05) is 26.1 Å². The second kappa shape index (κ2) is 13.0. The number of para-hydroxylation sites is 2. The molecule has 0 saturated carbocycles. The van der Waals surface area contributed by atoms with Crippen molar-refractivity contribution in [1.82, 2.24) is 4.90 Å². The number of thioether (sulfide) groups is 1. The number of methoxy groups -OCH3 is 1. The number of hydrogen-bond donors (Lipinski definition) is 1. The van der Waals surface area contributed by atoms with Gasteiger partial charge in [0.1, 0.15) is 0 Å². The molecule has 0 spiro atoms. The normalized spacial score (nSPS) is 15.0. The lowest BCUT2D eigenvalue weighted by Gasteiger charge is -2.13. The summed E-state index contributed by atoms with van der Waals surface area (Å²) in [5.41, 5.74) is 2.11. The van der Waals surface area contributed by atoms with Crippen LogP contribution in [-0.4, -0.2) is 54.7 Å². The van der Waals surface area contributed by atoms with Crippen molar-refractivity contribution < 1.29 is 28.6 Å². The van der Waals surface area contributed by atoms with Crippen LogP contribution in [0.4, 0.5) is 11.4 Å². The number of aliphatic imine (C=N–C) groups is 1. The number of amides is 2. The van der Waals surface area contributed by atoms with Crippen LogP contribution in [0, 0.1) is 0 Å². The fraction of sp³-hybridized carbons (Fsp3) is 0.200. The Balaban J connectivity index is 1.54. The number of hydrogen-bond acceptors (Lipinski definition) is 8. The van der Waals surface area contributed by atoms with Crippen LogP contribution in [0.3, 0.4) is 0 Å². The number of amidine groups is 1. The zero-order valence-electron chi connectivity index (χ0n) is 22.5. The number of likely N-dealkylation sites (N-methyl/N-ethyl adjacent to an activating group) is 1. The van der Waals surface area contributed by atoms with E-state index in [9.17, 15) is 14.4 Å². The van der Waals surface area contributed by atoms with Crippen molar-refractivity contribution in [1.29, 1.82) is 0 Å². The fourth-order valence-corrected chi connectivity index (χ4v) is 4.68. The number of anilines is 1. The molecule has 1 heterocycles. The number of esters is 1. The third kappa shape index (κ3) is 7.09. The fourth-order valence-electron chi connectivity index (χ4n) is 3.71. The van der Waals surface area contributed by atoms with Gasteiger partial charge in [0.05, 0.1) is 29.4 Å². The molecular formula is C30H29N3O6S. The molecule has 1 aliphatic heterocycles. The summed E-state index contributed by atoms with van der Waals surface area (Å²) < 4.78 is 16.6. The Labute approximate surface area is 236 Å². The first-order chi connectivity index (χ1) is 19.2. The number of benzene rings is 3. The Kier molecular flexibility index (Phi) is 9.23. The summed E-state index contributed by atoms with van der Waals surface area (Å²) >= 11 is 1.19. The molecule has 3 aromatic rings. The van der Waals surface area contributed by atoms with Crippen LogP contribution in [-0.2, 0) is 14.3 Å². The number of carbonyl (C=O) groups is 3. The Hall–Kier alpha value is -4.57. The highest BCUT2D eigenvalue weighted by Gasteiger charge is 2.31. The van der Waals surface area contributed by atoms with E-state index in [1.807, 2.05) is 18.2 Å². The molecule has 4 rings (SSSR count). The van der Waals surface area contributed by atoms with Crippen molar-refractivity contribution in [2.45, 2.75) is 20.0 Å². The number of ether oxygens (including phenoxy) is 3. The molecule has 40 heavy (non-hydrogen) atoms. The average molecular weight is 560 g/mol. The van der Waals surface area contributed by atoms with Crippen molar-refractivity contribution in [2.24, 2.45) is 4.99 Å². The van der Waals surface area contributed by atoms with Crippen LogP contribution >= 0.6 is 11.8 Å². The van der Waals surface area contributed by atoms with Crippen LogP contribution in [0.5, 0.6) is 11.5 Å². The van der Waals surface area contributed by atoms with Crippen molar-refractivity contribution in [3.63, 3.8) is 0 Å². The molecule has 0 unspecified atom stereocenters. The maximum absolute atomic E-state index is 13.1. The van der Waals surface area contributed by atoms with Gasteiger partial charge in [-0.1, -0.05) is 36.4 Å². The lowest BCUT2D eigenvalue weighted by Crippen LogP contribution is -2.23. The molecule has 1 N–H and O–H groups in total. The molecule has 1 saturated heterocycles. The predicted molar refractivity (Wildman–Crippen MR) is 156 cm³/mol. The largest absolute Gasteiger partial charge is 0.493 e. The molecule has 0 radical (unpaired) electrons. The number of nitrogens with one attached hydrogen (secondary N) is 1. The highest BCUT2D eigenvalue weighted by atomic mass is 32.2. The monoisotopic (exact) mass is 559 g/mol. The van der Waals surface area contributed by atoms with E-state index in [0.29, 0.717) is 44.1 Å². The van der Waals surface area contributed by atoms with E-state index in [0.717, 1.165) is 0 Å². The second-order valence-electron chi connectivity index (χ2n) is 8.96. The molecule has 0 aromatic heterocycles. The Bertz CT molecular complexity index is 1470. The van der Waals surface area contributed by atoms with Gasteiger partial charge in [-0.3, -0.25) is 14.5 Å². The second-order valence-corrected chi connectivity index (χ2v) is 9.96. The number of rotatable bonds is 9. The summed E-state index contributed by atoms with van der Waals surface area (Å²) in [6.45, 7) is 3.31. The molecule has 1 fully saturated rings. The Morgan fingerprint density at radius 3 is 2.52 bits per heavy atom. The van der Waals surface area contributed by atoms with E-state index < -0.39 is 5.97 Å². The van der Waals surface area contributed by atoms with E-state index >= 15 is 0 Å². The summed E-state index contributed by atoms with van der Waals surface area (Å²) in [4.78, 5) is 44.3. The number of nitrogens with zero attached hydrogens (tertiary/aromatic N) is 2. The topological polar surface area (TPSA) is 107 Å². The van der Waals surface area contributed by atoms with Crippen molar-refractivity contribution in [3.8, 4) is 11.5 Å². The van der Waals surface area contributed by atoms with Gasteiger partial charge in [-0.2, -0.15) is 0 Å². The van der Waals surface area contributed by atoms with E-state index in [2.05, 4.69) is 10.3 Å². The zero-order chi connectivity index (χ0) is 28.6. The summed E-state index contributed by atoms with van der Waals surface area (Å²) in [6.07, 6.45) is 1.43. The number of carbonyl (C=O) groups excluding carboxylic acids is 3. The molecule has 10 heteroatoms. The van der Waals surface area contributed by atoms with E-state index in [1.165, 1.54) is 23.8 Å². The molecule has 0 atom stereocenters. The quantitative estimate of drug-likeness (QED) is 0.272. The minimum atomic E-state index is -0.441. The minimum absolute atomic E-state index is 0.243. The zero-order valence-corrected chi connectivity index (χ0v) is 23.4. The molecule has 9 nitrogen and oxygen atoms in total.